The van der Waals surface area contributed by atoms with Crippen LogP contribution in [0.4, 0.5) is 0 Å². The molecule has 9 aromatic heterocycles. The van der Waals surface area contributed by atoms with Crippen molar-refractivity contribution >= 4 is 162 Å². The maximum atomic E-state index is 6.36. The fraction of sp³-hybridized carbons (Fsp3) is 0.488. The van der Waals surface area contributed by atoms with Gasteiger partial charge in [0.1, 0.15) is 11.0 Å². The first-order valence-corrected chi connectivity index (χ1v) is 45.7. The van der Waals surface area contributed by atoms with Crippen LogP contribution in [0, 0.1) is 0 Å². The van der Waals surface area contributed by atoms with Gasteiger partial charge in [-0.05, 0) is 251 Å². The highest BCUT2D eigenvalue weighted by Gasteiger charge is 2.52. The lowest BCUT2D eigenvalue weighted by Gasteiger charge is -2.32. The standard InChI is InChI=1S/C58H68N2S7.C28H43BO2S2/c1-5-9-13-17-21-41-35-37-61-47(41)27-29-49-43(23-19-15-11-7-3)39-55(63-49)53-33-31-51(65-53)45-25-26-46(58-57(45)59-67-60-58)52-32-34-54(66-52)56-40-44(24-20-16-12-8-4)50(64-56)30-28-48-42(36-38-62-48)22-18-14-10-6-2;1-7-9-11-13-15-22-19-20-32-24(22)17-18-25-23(16-14-12-10-8-2)21-26(33-25)29-30-27(3,4)28(5,6)31-29/h25-40H,5-24H2,1-4H3;17-21H,7-16H2,1-6H3/b29-27+,30-28+;18-17+. The van der Waals surface area contributed by atoms with Gasteiger partial charge in [0, 0.05) is 74.4 Å². The molecule has 0 aliphatic carbocycles. The molecule has 1 aromatic carbocycles. The molecule has 1 saturated heterocycles. The number of thiophene rings is 8. The zero-order valence-electron chi connectivity index (χ0n) is 61.8. The zero-order valence-corrected chi connectivity index (χ0v) is 69.1. The molecular weight excluding hydrogens is 1390 g/mol. The Morgan fingerprint density at radius 1 is 0.320 bits per heavy atom. The van der Waals surface area contributed by atoms with Gasteiger partial charge in [0.15, 0.2) is 0 Å². The molecule has 1 fully saturated rings. The van der Waals surface area contributed by atoms with Crippen molar-refractivity contribution in [2.75, 3.05) is 0 Å². The molecule has 10 aromatic rings. The predicted octanol–water partition coefficient (Wildman–Crippen LogP) is 30.1. The summed E-state index contributed by atoms with van der Waals surface area (Å²) in [5.74, 6) is 0. The van der Waals surface area contributed by atoms with Gasteiger partial charge in [-0.1, -0.05) is 169 Å². The lowest BCUT2D eigenvalue weighted by atomic mass is 9.87. The van der Waals surface area contributed by atoms with E-state index < -0.39 is 0 Å². The highest BCUT2D eigenvalue weighted by molar-refractivity contribution is 7.25. The van der Waals surface area contributed by atoms with Crippen molar-refractivity contribution in [2.45, 2.75) is 273 Å². The fourth-order valence-electron chi connectivity index (χ4n) is 13.2. The number of nitrogens with zero attached hydrogens (tertiary/aromatic N) is 2. The molecule has 0 atom stereocenters. The third kappa shape index (κ3) is 21.8. The van der Waals surface area contributed by atoms with Crippen molar-refractivity contribution in [1.29, 1.82) is 0 Å². The molecule has 0 radical (unpaired) electrons. The third-order valence-corrected chi connectivity index (χ3v) is 29.4. The Labute approximate surface area is 639 Å². The average molecular weight is 1500 g/mol. The molecule has 1 aliphatic heterocycles. The highest BCUT2D eigenvalue weighted by Crippen LogP contribution is 2.47. The molecule has 0 amide bonds. The van der Waals surface area contributed by atoms with Crippen LogP contribution in [0.25, 0.3) is 87.9 Å². The number of fused-ring (bicyclic) bond motifs is 1. The Kier molecular flexibility index (Phi) is 31.7. The third-order valence-electron chi connectivity index (χ3n) is 20.0. The molecule has 14 heteroatoms. The number of unbranched alkanes of at least 4 members (excludes halogenated alkanes) is 18. The molecular formula is C86H111BN2O2S9. The smallest absolute Gasteiger partial charge is 0.399 e. The van der Waals surface area contributed by atoms with Gasteiger partial charge in [-0.2, -0.15) is 8.75 Å². The summed E-state index contributed by atoms with van der Waals surface area (Å²) >= 11 is 16.5. The first-order valence-electron chi connectivity index (χ1n) is 38.3. The molecule has 0 N–H and O–H groups in total. The van der Waals surface area contributed by atoms with Crippen LogP contribution < -0.4 is 4.78 Å². The van der Waals surface area contributed by atoms with E-state index in [9.17, 15) is 0 Å². The van der Waals surface area contributed by atoms with E-state index in [-0.39, 0.29) is 18.3 Å². The van der Waals surface area contributed by atoms with Crippen LogP contribution in [-0.2, 0) is 47.8 Å². The van der Waals surface area contributed by atoms with Crippen molar-refractivity contribution in [3.05, 3.63) is 152 Å². The first kappa shape index (κ1) is 78.4. The molecule has 4 nitrogen and oxygen atoms in total. The summed E-state index contributed by atoms with van der Waals surface area (Å²) in [6.07, 6.45) is 52.3. The molecule has 10 heterocycles. The molecule has 534 valence electrons. The summed E-state index contributed by atoms with van der Waals surface area (Å²) in [7, 11) is -0.271. The fourth-order valence-corrected chi connectivity index (χ4v) is 21.8. The van der Waals surface area contributed by atoms with E-state index in [1.807, 2.05) is 90.7 Å². The van der Waals surface area contributed by atoms with Crippen LogP contribution in [0.1, 0.15) is 286 Å². The summed E-state index contributed by atoms with van der Waals surface area (Å²) in [6, 6.07) is 28.2. The first-order chi connectivity index (χ1) is 48.8. The normalized spacial score (nSPS) is 13.8. The zero-order chi connectivity index (χ0) is 70.1. The van der Waals surface area contributed by atoms with Gasteiger partial charge in [0.25, 0.3) is 0 Å². The Hall–Kier alpha value is -4.16. The second-order valence-electron chi connectivity index (χ2n) is 28.4. The maximum absolute atomic E-state index is 6.36. The number of aromatic nitrogens is 2. The lowest BCUT2D eigenvalue weighted by molar-refractivity contribution is 0.00578. The maximum Gasteiger partial charge on any atom is 0.505 e. The van der Waals surface area contributed by atoms with Gasteiger partial charge in [0.2, 0.25) is 0 Å². The van der Waals surface area contributed by atoms with Crippen LogP contribution in [0.5, 0.6) is 0 Å². The van der Waals surface area contributed by atoms with E-state index in [1.54, 1.807) is 0 Å². The summed E-state index contributed by atoms with van der Waals surface area (Å²) in [5, 5.41) is 6.78. The topological polar surface area (TPSA) is 44.2 Å². The SMILES string of the molecule is CCCCCCc1ccsc1/C=C/c1sc(-c2ccc(-c3ccc(-c4ccc(-c5cc(CCCCCC)c(/C=C/c6sccc6CCCCCC)s5)s4)c4nsnc34)s2)cc1CCCCCC.CCCCCCc1ccsc1/C=C/c1sc(B2OC(C)(C)C(C)(C)O2)cc1CCCCCC. The Balaban J connectivity index is 0.000000274. The van der Waals surface area contributed by atoms with Gasteiger partial charge >= 0.3 is 7.12 Å². The summed E-state index contributed by atoms with van der Waals surface area (Å²) in [6.45, 7) is 22.3. The number of hydrogen-bond donors (Lipinski definition) is 0. The minimum atomic E-state index is -0.303. The van der Waals surface area contributed by atoms with E-state index in [1.165, 1.54) is 293 Å². The van der Waals surface area contributed by atoms with E-state index in [4.69, 9.17) is 18.1 Å². The van der Waals surface area contributed by atoms with Crippen molar-refractivity contribution < 1.29 is 9.31 Å². The Bertz CT molecular complexity index is 3940. The monoisotopic (exact) mass is 1500 g/mol. The minimum absolute atomic E-state index is 0.271. The number of hydrogen-bond acceptors (Lipinski definition) is 13. The van der Waals surface area contributed by atoms with Crippen molar-refractivity contribution in [1.82, 2.24) is 8.75 Å². The second kappa shape index (κ2) is 40.4. The average Bonchev–Trinajstić information content (AvgIpc) is 1.61. The molecule has 0 spiro atoms. The number of benzene rings is 1. The van der Waals surface area contributed by atoms with Gasteiger partial charge in [-0.15, -0.1) is 90.7 Å². The van der Waals surface area contributed by atoms with E-state index in [2.05, 4.69) is 195 Å². The largest absolute Gasteiger partial charge is 0.505 e. The molecule has 1 aliphatic rings. The molecule has 11 rings (SSSR count). The highest BCUT2D eigenvalue weighted by atomic mass is 32.1. The summed E-state index contributed by atoms with van der Waals surface area (Å²) in [4.78, 5) is 16.4. The van der Waals surface area contributed by atoms with Gasteiger partial charge in [0.05, 0.1) is 22.9 Å². The lowest BCUT2D eigenvalue weighted by Crippen LogP contribution is -2.41. The Morgan fingerprint density at radius 2 is 0.630 bits per heavy atom. The van der Waals surface area contributed by atoms with Crippen molar-refractivity contribution in [3.63, 3.8) is 0 Å². The molecule has 0 saturated carbocycles. The van der Waals surface area contributed by atoms with Gasteiger partial charge in [-0.3, -0.25) is 0 Å². The van der Waals surface area contributed by atoms with Gasteiger partial charge < -0.3 is 9.31 Å². The van der Waals surface area contributed by atoms with Crippen molar-refractivity contribution in [3.8, 4) is 40.4 Å². The predicted molar refractivity (Wildman–Crippen MR) is 458 cm³/mol. The van der Waals surface area contributed by atoms with Crippen molar-refractivity contribution in [2.24, 2.45) is 0 Å². The summed E-state index contributed by atoms with van der Waals surface area (Å²) in [5.41, 5.74) is 12.7. The van der Waals surface area contributed by atoms with Crippen LogP contribution in [0.2, 0.25) is 0 Å². The Morgan fingerprint density at radius 3 is 0.980 bits per heavy atom. The van der Waals surface area contributed by atoms with Gasteiger partial charge in [-0.25, -0.2) is 0 Å². The molecule has 0 unspecified atom stereocenters. The van der Waals surface area contributed by atoms with E-state index in [0.29, 0.717) is 0 Å². The second-order valence-corrected chi connectivity index (χ2v) is 37.2. The number of aryl methyl sites for hydroxylation is 6. The van der Waals surface area contributed by atoms with Crippen LogP contribution >= 0.6 is 102 Å². The van der Waals surface area contributed by atoms with Crippen LogP contribution in [0.3, 0.4) is 0 Å². The van der Waals surface area contributed by atoms with E-state index >= 15 is 0 Å². The van der Waals surface area contributed by atoms with Crippen LogP contribution in [0.15, 0.2) is 88.9 Å². The van der Waals surface area contributed by atoms with E-state index in [0.717, 1.165) is 30.3 Å². The number of rotatable bonds is 41. The molecule has 100 heavy (non-hydrogen) atoms. The summed E-state index contributed by atoms with van der Waals surface area (Å²) < 4.78 is 23.8. The minimum Gasteiger partial charge on any atom is -0.399 e. The molecule has 0 bridgehead atoms. The van der Waals surface area contributed by atoms with Crippen LogP contribution in [-0.4, -0.2) is 27.1 Å². The quantitative estimate of drug-likeness (QED) is 0.0283.